The Bertz CT molecular complexity index is 918. The third kappa shape index (κ3) is 4.13. The first-order chi connectivity index (χ1) is 15.4. The molecule has 32 heavy (non-hydrogen) atoms. The van der Waals surface area contributed by atoms with Crippen molar-refractivity contribution >= 4 is 23.4 Å². The van der Waals surface area contributed by atoms with E-state index >= 15 is 0 Å². The standard InChI is InChI=1S/C24H33N5O3/c1-24(6-8-25-9-7-24)16-27-10-12-28(13-11-27)18-2-3-19-17(14-18)15-29(23(19)32)20-4-5-21(30)26-22(20)31/h2-3,14,20,25H,4-13,15-16H2,1H3,(H,26,30,31). The Morgan fingerprint density at radius 2 is 1.81 bits per heavy atom. The second-order valence-electron chi connectivity index (χ2n) is 10.1. The molecule has 0 radical (unpaired) electrons. The minimum atomic E-state index is -0.559. The zero-order chi connectivity index (χ0) is 22.3. The number of carbonyl (C=O) groups excluding carboxylic acids is 3. The summed E-state index contributed by atoms with van der Waals surface area (Å²) in [6.45, 7) is 10.4. The number of anilines is 1. The van der Waals surface area contributed by atoms with Crippen molar-refractivity contribution in [3.63, 3.8) is 0 Å². The van der Waals surface area contributed by atoms with Crippen molar-refractivity contribution in [3.8, 4) is 0 Å². The van der Waals surface area contributed by atoms with Crippen LogP contribution in [0.4, 0.5) is 5.69 Å². The van der Waals surface area contributed by atoms with Gasteiger partial charge in [-0.05, 0) is 61.5 Å². The fourth-order valence-electron chi connectivity index (χ4n) is 5.65. The first-order valence-electron chi connectivity index (χ1n) is 11.9. The smallest absolute Gasteiger partial charge is 0.255 e. The lowest BCUT2D eigenvalue weighted by Gasteiger charge is -2.42. The molecule has 3 saturated heterocycles. The first kappa shape index (κ1) is 21.4. The van der Waals surface area contributed by atoms with Crippen LogP contribution >= 0.6 is 0 Å². The van der Waals surface area contributed by atoms with Gasteiger partial charge < -0.3 is 15.1 Å². The molecule has 1 unspecified atom stereocenters. The van der Waals surface area contributed by atoms with Gasteiger partial charge in [0.25, 0.3) is 5.91 Å². The number of imide groups is 1. The largest absolute Gasteiger partial charge is 0.369 e. The minimum absolute atomic E-state index is 0.110. The highest BCUT2D eigenvalue weighted by atomic mass is 16.2. The number of nitrogens with one attached hydrogen (secondary N) is 2. The van der Waals surface area contributed by atoms with E-state index in [-0.39, 0.29) is 24.1 Å². The van der Waals surface area contributed by atoms with Gasteiger partial charge in [-0.1, -0.05) is 6.92 Å². The SMILES string of the molecule is CC1(CN2CCN(c3ccc4c(c3)CN(C3CCC(=O)NC3=O)C4=O)CC2)CCNCC1. The lowest BCUT2D eigenvalue weighted by Crippen LogP contribution is -2.52. The molecule has 4 aliphatic rings. The molecule has 0 spiro atoms. The Balaban J connectivity index is 1.21. The molecule has 1 aromatic rings. The lowest BCUT2D eigenvalue weighted by molar-refractivity contribution is -0.136. The number of amides is 3. The van der Waals surface area contributed by atoms with Crippen LogP contribution in [0.5, 0.6) is 0 Å². The van der Waals surface area contributed by atoms with E-state index in [0.717, 1.165) is 50.5 Å². The van der Waals surface area contributed by atoms with Crippen molar-refractivity contribution in [2.45, 2.75) is 45.2 Å². The summed E-state index contributed by atoms with van der Waals surface area (Å²) in [5.74, 6) is -0.728. The predicted molar refractivity (Wildman–Crippen MR) is 121 cm³/mol. The molecular formula is C24H33N5O3. The van der Waals surface area contributed by atoms with E-state index in [1.165, 1.54) is 19.4 Å². The molecule has 4 heterocycles. The topological polar surface area (TPSA) is 85.0 Å². The minimum Gasteiger partial charge on any atom is -0.369 e. The number of piperidine rings is 2. The predicted octanol–water partition coefficient (Wildman–Crippen LogP) is 0.959. The van der Waals surface area contributed by atoms with Crippen LogP contribution in [0.15, 0.2) is 18.2 Å². The molecule has 172 valence electrons. The van der Waals surface area contributed by atoms with Gasteiger partial charge in [-0.25, -0.2) is 0 Å². The van der Waals surface area contributed by atoms with E-state index in [2.05, 4.69) is 33.4 Å². The van der Waals surface area contributed by atoms with Gasteiger partial charge in [0.2, 0.25) is 11.8 Å². The van der Waals surface area contributed by atoms with Crippen molar-refractivity contribution in [1.29, 1.82) is 0 Å². The van der Waals surface area contributed by atoms with Gasteiger partial charge in [0.1, 0.15) is 6.04 Å². The van der Waals surface area contributed by atoms with Crippen LogP contribution in [0.3, 0.4) is 0 Å². The monoisotopic (exact) mass is 439 g/mol. The Kier molecular flexibility index (Phi) is 5.67. The summed E-state index contributed by atoms with van der Waals surface area (Å²) in [4.78, 5) is 43.2. The maximum absolute atomic E-state index is 12.9. The van der Waals surface area contributed by atoms with E-state index in [4.69, 9.17) is 0 Å². The lowest BCUT2D eigenvalue weighted by atomic mass is 9.80. The quantitative estimate of drug-likeness (QED) is 0.680. The summed E-state index contributed by atoms with van der Waals surface area (Å²) >= 11 is 0. The van der Waals surface area contributed by atoms with E-state index < -0.39 is 6.04 Å². The normalized spacial score (nSPS) is 26.3. The number of benzene rings is 1. The molecule has 3 fully saturated rings. The number of fused-ring (bicyclic) bond motifs is 1. The molecule has 5 rings (SSSR count). The highest BCUT2D eigenvalue weighted by Crippen LogP contribution is 2.32. The summed E-state index contributed by atoms with van der Waals surface area (Å²) in [6, 6.07) is 5.49. The van der Waals surface area contributed by atoms with Crippen molar-refractivity contribution in [1.82, 2.24) is 20.4 Å². The van der Waals surface area contributed by atoms with Gasteiger partial charge in [0.05, 0.1) is 0 Å². The van der Waals surface area contributed by atoms with Crippen LogP contribution < -0.4 is 15.5 Å². The van der Waals surface area contributed by atoms with Crippen molar-refractivity contribution < 1.29 is 14.4 Å². The van der Waals surface area contributed by atoms with Gasteiger partial charge in [0, 0.05) is 56.9 Å². The third-order valence-electron chi connectivity index (χ3n) is 7.66. The Morgan fingerprint density at radius 1 is 1.06 bits per heavy atom. The van der Waals surface area contributed by atoms with Crippen molar-refractivity contribution in [2.24, 2.45) is 5.41 Å². The Hall–Kier alpha value is -2.45. The molecule has 0 aliphatic carbocycles. The molecule has 2 N–H and O–H groups in total. The fourth-order valence-corrected chi connectivity index (χ4v) is 5.65. The van der Waals surface area contributed by atoms with Crippen molar-refractivity contribution in [2.75, 3.05) is 50.7 Å². The molecule has 0 aromatic heterocycles. The van der Waals surface area contributed by atoms with E-state index in [9.17, 15) is 14.4 Å². The number of hydrogen-bond acceptors (Lipinski definition) is 6. The molecule has 1 aromatic carbocycles. The molecule has 4 aliphatic heterocycles. The van der Waals surface area contributed by atoms with Gasteiger partial charge in [-0.15, -0.1) is 0 Å². The molecule has 8 nitrogen and oxygen atoms in total. The second-order valence-corrected chi connectivity index (χ2v) is 10.1. The summed E-state index contributed by atoms with van der Waals surface area (Å²) in [6.07, 6.45) is 3.17. The van der Waals surface area contributed by atoms with Gasteiger partial charge in [-0.2, -0.15) is 0 Å². The van der Waals surface area contributed by atoms with Crippen LogP contribution in [0, 0.1) is 5.41 Å². The van der Waals surface area contributed by atoms with Crippen LogP contribution in [-0.2, 0) is 16.1 Å². The first-order valence-corrected chi connectivity index (χ1v) is 11.9. The maximum atomic E-state index is 12.9. The fraction of sp³-hybridized carbons (Fsp3) is 0.625. The maximum Gasteiger partial charge on any atom is 0.255 e. The van der Waals surface area contributed by atoms with Crippen LogP contribution in [-0.4, -0.2) is 79.4 Å². The summed E-state index contributed by atoms with van der Waals surface area (Å²) < 4.78 is 0. The zero-order valence-electron chi connectivity index (χ0n) is 18.9. The van der Waals surface area contributed by atoms with Gasteiger partial charge >= 0.3 is 0 Å². The number of nitrogens with zero attached hydrogens (tertiary/aromatic N) is 3. The van der Waals surface area contributed by atoms with E-state index in [1.54, 1.807) is 4.90 Å². The molecular weight excluding hydrogens is 406 g/mol. The molecule has 3 amide bonds. The summed E-state index contributed by atoms with van der Waals surface area (Å²) in [7, 11) is 0. The van der Waals surface area contributed by atoms with E-state index in [0.29, 0.717) is 23.9 Å². The average Bonchev–Trinajstić information content (AvgIpc) is 3.10. The molecule has 0 bridgehead atoms. The highest BCUT2D eigenvalue weighted by Gasteiger charge is 2.39. The molecule has 8 heteroatoms. The number of carbonyl (C=O) groups is 3. The Morgan fingerprint density at radius 3 is 2.53 bits per heavy atom. The molecule has 0 saturated carbocycles. The number of rotatable bonds is 4. The summed E-state index contributed by atoms with van der Waals surface area (Å²) in [5.41, 5.74) is 3.22. The van der Waals surface area contributed by atoms with Gasteiger partial charge in [-0.3, -0.25) is 24.6 Å². The van der Waals surface area contributed by atoms with Crippen LogP contribution in [0.1, 0.15) is 48.5 Å². The number of piperazine rings is 1. The van der Waals surface area contributed by atoms with Crippen LogP contribution in [0.2, 0.25) is 0 Å². The zero-order valence-corrected chi connectivity index (χ0v) is 18.9. The molecule has 1 atom stereocenters. The van der Waals surface area contributed by atoms with Gasteiger partial charge in [0.15, 0.2) is 0 Å². The second kappa shape index (κ2) is 8.48. The number of hydrogen-bond donors (Lipinski definition) is 2. The Labute approximate surface area is 189 Å². The summed E-state index contributed by atoms with van der Waals surface area (Å²) in [5, 5.41) is 5.83. The average molecular weight is 440 g/mol. The highest BCUT2D eigenvalue weighted by molar-refractivity contribution is 6.05. The van der Waals surface area contributed by atoms with E-state index in [1.807, 2.05) is 12.1 Å². The third-order valence-corrected chi connectivity index (χ3v) is 7.66. The van der Waals surface area contributed by atoms with Crippen molar-refractivity contribution in [3.05, 3.63) is 29.3 Å². The van der Waals surface area contributed by atoms with Crippen LogP contribution in [0.25, 0.3) is 0 Å².